The molecule has 0 aliphatic carbocycles. The van der Waals surface area contributed by atoms with E-state index in [1.165, 1.54) is 12.1 Å². The van der Waals surface area contributed by atoms with Gasteiger partial charge in [0.1, 0.15) is 24.7 Å². The van der Waals surface area contributed by atoms with Crippen molar-refractivity contribution >= 4 is 18.2 Å². The standard InChI is InChI=1S/C31H26O7/c1-20-2-12-28(37-18-21-3-8-24(9-4-21)30(33)34)26(14-20)15-23-7-13-29(27(16-23)17-32)38-19-22-5-10-25(11-6-22)31(35)36/h2-14,16-17H,15,18-19H2,1H3,(H,33,34)(H,35,36). The van der Waals surface area contributed by atoms with Gasteiger partial charge in [-0.1, -0.05) is 48.0 Å². The summed E-state index contributed by atoms with van der Waals surface area (Å²) < 4.78 is 11.9. The van der Waals surface area contributed by atoms with Gasteiger partial charge < -0.3 is 19.7 Å². The Morgan fingerprint density at radius 3 is 1.71 bits per heavy atom. The highest BCUT2D eigenvalue weighted by atomic mass is 16.5. The maximum Gasteiger partial charge on any atom is 0.335 e. The third kappa shape index (κ3) is 6.64. The van der Waals surface area contributed by atoms with Gasteiger partial charge >= 0.3 is 11.9 Å². The Balaban J connectivity index is 1.45. The van der Waals surface area contributed by atoms with Gasteiger partial charge in [0.15, 0.2) is 6.29 Å². The molecule has 7 nitrogen and oxygen atoms in total. The second-order valence-electron chi connectivity index (χ2n) is 8.86. The number of aromatic carboxylic acids is 2. The molecule has 0 unspecified atom stereocenters. The van der Waals surface area contributed by atoms with E-state index in [0.29, 0.717) is 23.5 Å². The van der Waals surface area contributed by atoms with Crippen LogP contribution in [0, 0.1) is 6.92 Å². The lowest BCUT2D eigenvalue weighted by Gasteiger charge is -2.14. The number of carbonyl (C=O) groups excluding carboxylic acids is 1. The predicted octanol–water partition coefficient (Wildman–Crippen LogP) is 5.95. The Bertz CT molecular complexity index is 1460. The van der Waals surface area contributed by atoms with Crippen molar-refractivity contribution in [2.24, 2.45) is 0 Å². The van der Waals surface area contributed by atoms with Gasteiger partial charge in [0.05, 0.1) is 16.7 Å². The monoisotopic (exact) mass is 510 g/mol. The number of ether oxygens (including phenoxy) is 2. The summed E-state index contributed by atoms with van der Waals surface area (Å²) in [6.45, 7) is 2.48. The number of carboxylic acids is 2. The Labute approximate surface area is 219 Å². The van der Waals surface area contributed by atoms with Gasteiger partial charge in [-0.25, -0.2) is 9.59 Å². The van der Waals surface area contributed by atoms with Crippen molar-refractivity contribution in [1.82, 2.24) is 0 Å². The zero-order valence-electron chi connectivity index (χ0n) is 20.7. The third-order valence-corrected chi connectivity index (χ3v) is 6.00. The molecule has 0 atom stereocenters. The normalized spacial score (nSPS) is 10.6. The van der Waals surface area contributed by atoms with Gasteiger partial charge in [0.25, 0.3) is 0 Å². The maximum absolute atomic E-state index is 11.8. The highest BCUT2D eigenvalue weighted by molar-refractivity contribution is 5.88. The molecule has 0 aromatic heterocycles. The van der Waals surface area contributed by atoms with Gasteiger partial charge in [0.2, 0.25) is 0 Å². The Morgan fingerprint density at radius 1 is 0.684 bits per heavy atom. The number of aldehydes is 1. The van der Waals surface area contributed by atoms with Crippen LogP contribution in [0.3, 0.4) is 0 Å². The minimum atomic E-state index is -0.993. The van der Waals surface area contributed by atoms with Crippen molar-refractivity contribution in [2.45, 2.75) is 26.6 Å². The van der Waals surface area contributed by atoms with E-state index in [1.54, 1.807) is 48.5 Å². The van der Waals surface area contributed by atoms with Gasteiger partial charge in [-0.2, -0.15) is 0 Å². The molecule has 4 aromatic rings. The van der Waals surface area contributed by atoms with Crippen LogP contribution in [0.25, 0.3) is 0 Å². The summed E-state index contributed by atoms with van der Waals surface area (Å²) in [4.78, 5) is 33.9. The fraction of sp³-hybridized carbons (Fsp3) is 0.129. The molecule has 7 heteroatoms. The van der Waals surface area contributed by atoms with Gasteiger partial charge in [-0.05, 0) is 71.6 Å². The average Bonchev–Trinajstić information content (AvgIpc) is 2.92. The van der Waals surface area contributed by atoms with E-state index in [9.17, 15) is 14.4 Å². The molecule has 0 aliphatic heterocycles. The van der Waals surface area contributed by atoms with Crippen LogP contribution in [0.5, 0.6) is 11.5 Å². The first-order valence-electron chi connectivity index (χ1n) is 11.9. The molecule has 192 valence electrons. The topological polar surface area (TPSA) is 110 Å². The number of carboxylic acid groups (broad SMARTS) is 2. The number of rotatable bonds is 11. The summed E-state index contributed by atoms with van der Waals surface area (Å²) in [5.41, 5.74) is 5.41. The highest BCUT2D eigenvalue weighted by Crippen LogP contribution is 2.27. The SMILES string of the molecule is Cc1ccc(OCc2ccc(C(=O)O)cc2)c(Cc2ccc(OCc3ccc(C(=O)O)cc3)c(C=O)c2)c1. The van der Waals surface area contributed by atoms with Crippen LogP contribution in [-0.4, -0.2) is 28.4 Å². The summed E-state index contributed by atoms with van der Waals surface area (Å²) in [6, 6.07) is 24.3. The van der Waals surface area contributed by atoms with Crippen LogP contribution in [-0.2, 0) is 19.6 Å². The third-order valence-electron chi connectivity index (χ3n) is 6.00. The van der Waals surface area contributed by atoms with Gasteiger partial charge in [0, 0.05) is 6.42 Å². The number of carbonyl (C=O) groups is 3. The van der Waals surface area contributed by atoms with Crippen LogP contribution in [0.2, 0.25) is 0 Å². The lowest BCUT2D eigenvalue weighted by Crippen LogP contribution is -2.02. The van der Waals surface area contributed by atoms with E-state index >= 15 is 0 Å². The van der Waals surface area contributed by atoms with Crippen molar-refractivity contribution in [2.75, 3.05) is 0 Å². The first-order chi connectivity index (χ1) is 18.3. The first-order valence-corrected chi connectivity index (χ1v) is 11.9. The fourth-order valence-corrected chi connectivity index (χ4v) is 3.95. The second-order valence-corrected chi connectivity index (χ2v) is 8.86. The zero-order valence-corrected chi connectivity index (χ0v) is 20.7. The number of hydrogen-bond donors (Lipinski definition) is 2. The second kappa shape index (κ2) is 11.9. The van der Waals surface area contributed by atoms with E-state index in [4.69, 9.17) is 19.7 Å². The van der Waals surface area contributed by atoms with Crippen LogP contribution >= 0.6 is 0 Å². The molecule has 0 saturated carbocycles. The molecule has 0 heterocycles. The smallest absolute Gasteiger partial charge is 0.335 e. The van der Waals surface area contributed by atoms with Gasteiger partial charge in [-0.3, -0.25) is 4.79 Å². The Kier molecular flexibility index (Phi) is 8.18. The van der Waals surface area contributed by atoms with Crippen molar-refractivity contribution < 1.29 is 34.1 Å². The molecule has 0 spiro atoms. The van der Waals surface area contributed by atoms with Crippen LogP contribution in [0.15, 0.2) is 84.9 Å². The summed E-state index contributed by atoms with van der Waals surface area (Å²) in [7, 11) is 0. The fourth-order valence-electron chi connectivity index (χ4n) is 3.95. The highest BCUT2D eigenvalue weighted by Gasteiger charge is 2.11. The molecular weight excluding hydrogens is 484 g/mol. The van der Waals surface area contributed by atoms with Crippen molar-refractivity contribution in [1.29, 1.82) is 0 Å². The molecule has 0 bridgehead atoms. The quantitative estimate of drug-likeness (QED) is 0.240. The summed E-state index contributed by atoms with van der Waals surface area (Å²) >= 11 is 0. The predicted molar refractivity (Wildman–Crippen MR) is 141 cm³/mol. The largest absolute Gasteiger partial charge is 0.489 e. The lowest BCUT2D eigenvalue weighted by atomic mass is 10.00. The van der Waals surface area contributed by atoms with Crippen LogP contribution < -0.4 is 9.47 Å². The van der Waals surface area contributed by atoms with Crippen molar-refractivity contribution in [3.05, 3.63) is 129 Å². The summed E-state index contributed by atoms with van der Waals surface area (Å²) in [5.74, 6) is -0.820. The molecule has 0 fully saturated rings. The molecule has 0 saturated heterocycles. The zero-order chi connectivity index (χ0) is 27.1. The number of hydrogen-bond acceptors (Lipinski definition) is 5. The maximum atomic E-state index is 11.8. The van der Waals surface area contributed by atoms with Crippen molar-refractivity contribution in [3.63, 3.8) is 0 Å². The molecular formula is C31H26O7. The molecule has 0 aliphatic rings. The van der Waals surface area contributed by atoms with E-state index in [1.807, 2.05) is 31.2 Å². The molecule has 4 rings (SSSR count). The Hall–Kier alpha value is -4.91. The lowest BCUT2D eigenvalue weighted by molar-refractivity contribution is 0.0686. The Morgan fingerprint density at radius 2 is 1.18 bits per heavy atom. The molecule has 4 aromatic carbocycles. The van der Waals surface area contributed by atoms with E-state index in [-0.39, 0.29) is 24.3 Å². The molecule has 0 amide bonds. The van der Waals surface area contributed by atoms with E-state index < -0.39 is 11.9 Å². The van der Waals surface area contributed by atoms with E-state index in [2.05, 4.69) is 0 Å². The number of benzene rings is 4. The minimum Gasteiger partial charge on any atom is -0.489 e. The average molecular weight is 511 g/mol. The van der Waals surface area contributed by atoms with Crippen LogP contribution in [0.4, 0.5) is 0 Å². The molecule has 0 radical (unpaired) electrons. The summed E-state index contributed by atoms with van der Waals surface area (Å²) in [5, 5.41) is 18.1. The summed E-state index contributed by atoms with van der Waals surface area (Å²) in [6.07, 6.45) is 1.29. The molecule has 2 N–H and O–H groups in total. The number of aryl methyl sites for hydroxylation is 1. The van der Waals surface area contributed by atoms with Crippen molar-refractivity contribution in [3.8, 4) is 11.5 Å². The van der Waals surface area contributed by atoms with Gasteiger partial charge in [-0.15, -0.1) is 0 Å². The van der Waals surface area contributed by atoms with Crippen LogP contribution in [0.1, 0.15) is 58.9 Å². The molecule has 38 heavy (non-hydrogen) atoms. The first kappa shape index (κ1) is 26.2. The minimum absolute atomic E-state index is 0.197. The van der Waals surface area contributed by atoms with E-state index in [0.717, 1.165) is 34.1 Å².